The molecule has 1 aromatic heterocycles. The molecule has 1 aliphatic carbocycles. The van der Waals surface area contributed by atoms with Crippen LogP contribution in [0.1, 0.15) is 76.5 Å². The molecule has 5 heteroatoms. The lowest BCUT2D eigenvalue weighted by atomic mass is 9.79. The van der Waals surface area contributed by atoms with Gasteiger partial charge in [0.1, 0.15) is 0 Å². The van der Waals surface area contributed by atoms with Crippen LogP contribution in [-0.2, 0) is 6.54 Å². The van der Waals surface area contributed by atoms with Crippen molar-refractivity contribution < 1.29 is 0 Å². The van der Waals surface area contributed by atoms with Crippen LogP contribution in [0.5, 0.6) is 0 Å². The lowest BCUT2D eigenvalue weighted by Gasteiger charge is -2.27. The summed E-state index contributed by atoms with van der Waals surface area (Å²) in [6, 6.07) is 0. The third-order valence-electron chi connectivity index (χ3n) is 4.56. The standard InChI is InChI=1S/C15H29N5/c1-2-3-6-13-7-9-14(10-8-13)15-17-18-19-20(15)12-5-4-11-16/h13-14H,2-12,16H2,1H3. The van der Waals surface area contributed by atoms with E-state index < -0.39 is 0 Å². The number of hydrogen-bond acceptors (Lipinski definition) is 4. The van der Waals surface area contributed by atoms with Gasteiger partial charge in [-0.1, -0.05) is 26.2 Å². The maximum absolute atomic E-state index is 5.54. The van der Waals surface area contributed by atoms with Crippen molar-refractivity contribution >= 4 is 0 Å². The Morgan fingerprint density at radius 1 is 1.15 bits per heavy atom. The van der Waals surface area contributed by atoms with E-state index in [1.165, 1.54) is 44.9 Å². The highest BCUT2D eigenvalue weighted by molar-refractivity contribution is 4.96. The van der Waals surface area contributed by atoms with Gasteiger partial charge in [-0.15, -0.1) is 5.10 Å². The van der Waals surface area contributed by atoms with Crippen molar-refractivity contribution in [2.45, 2.75) is 77.2 Å². The summed E-state index contributed by atoms with van der Waals surface area (Å²) in [5.74, 6) is 2.62. The molecule has 0 spiro atoms. The molecule has 1 aliphatic rings. The number of nitrogens with two attached hydrogens (primary N) is 1. The first-order chi connectivity index (χ1) is 9.85. The van der Waals surface area contributed by atoms with E-state index in [0.29, 0.717) is 5.92 Å². The number of aryl methyl sites for hydroxylation is 1. The molecule has 0 unspecified atom stereocenters. The summed E-state index contributed by atoms with van der Waals surface area (Å²) in [4.78, 5) is 0. The molecule has 5 nitrogen and oxygen atoms in total. The average molecular weight is 279 g/mol. The molecule has 0 atom stereocenters. The Bertz CT molecular complexity index is 368. The van der Waals surface area contributed by atoms with Crippen molar-refractivity contribution in [1.82, 2.24) is 20.2 Å². The minimum absolute atomic E-state index is 0.570. The number of rotatable bonds is 8. The average Bonchev–Trinajstić information content (AvgIpc) is 2.94. The van der Waals surface area contributed by atoms with E-state index in [4.69, 9.17) is 5.73 Å². The Morgan fingerprint density at radius 2 is 1.95 bits per heavy atom. The monoisotopic (exact) mass is 279 g/mol. The smallest absolute Gasteiger partial charge is 0.154 e. The van der Waals surface area contributed by atoms with E-state index in [1.54, 1.807) is 0 Å². The van der Waals surface area contributed by atoms with Gasteiger partial charge in [0.15, 0.2) is 5.82 Å². The van der Waals surface area contributed by atoms with E-state index in [-0.39, 0.29) is 0 Å². The van der Waals surface area contributed by atoms with Gasteiger partial charge < -0.3 is 5.73 Å². The summed E-state index contributed by atoms with van der Waals surface area (Å²) < 4.78 is 2.01. The summed E-state index contributed by atoms with van der Waals surface area (Å²) in [5, 5.41) is 12.3. The number of tetrazole rings is 1. The molecule has 2 N–H and O–H groups in total. The Hall–Kier alpha value is -0.970. The van der Waals surface area contributed by atoms with Gasteiger partial charge in [0, 0.05) is 12.5 Å². The van der Waals surface area contributed by atoms with Gasteiger partial charge in [-0.2, -0.15) is 0 Å². The molecule has 0 bridgehead atoms. The highest BCUT2D eigenvalue weighted by Gasteiger charge is 2.25. The second kappa shape index (κ2) is 8.35. The molecule has 0 amide bonds. The van der Waals surface area contributed by atoms with Gasteiger partial charge in [-0.3, -0.25) is 0 Å². The zero-order valence-electron chi connectivity index (χ0n) is 12.8. The van der Waals surface area contributed by atoms with E-state index in [2.05, 4.69) is 22.4 Å². The first-order valence-electron chi connectivity index (χ1n) is 8.31. The summed E-state index contributed by atoms with van der Waals surface area (Å²) in [6.07, 6.45) is 11.4. The molecular formula is C15H29N5. The third kappa shape index (κ3) is 4.27. The zero-order valence-corrected chi connectivity index (χ0v) is 12.8. The quantitative estimate of drug-likeness (QED) is 0.743. The van der Waals surface area contributed by atoms with Gasteiger partial charge in [0.25, 0.3) is 0 Å². The Morgan fingerprint density at radius 3 is 2.65 bits per heavy atom. The van der Waals surface area contributed by atoms with Crippen LogP contribution >= 0.6 is 0 Å². The highest BCUT2D eigenvalue weighted by atomic mass is 15.5. The molecule has 1 saturated carbocycles. The summed E-state index contributed by atoms with van der Waals surface area (Å²) in [6.45, 7) is 3.94. The number of unbranched alkanes of at least 4 members (excludes halogenated alkanes) is 2. The maximum Gasteiger partial charge on any atom is 0.154 e. The van der Waals surface area contributed by atoms with Crippen LogP contribution in [-0.4, -0.2) is 26.8 Å². The van der Waals surface area contributed by atoms with Crippen LogP contribution in [0.3, 0.4) is 0 Å². The molecule has 1 fully saturated rings. The summed E-state index contributed by atoms with van der Waals surface area (Å²) >= 11 is 0. The minimum atomic E-state index is 0.570. The van der Waals surface area contributed by atoms with Crippen LogP contribution in [0.4, 0.5) is 0 Å². The van der Waals surface area contributed by atoms with Crippen LogP contribution in [0, 0.1) is 5.92 Å². The van der Waals surface area contributed by atoms with Crippen molar-refractivity contribution in [2.75, 3.05) is 6.54 Å². The topological polar surface area (TPSA) is 69.6 Å². The molecule has 1 aromatic rings. The number of nitrogens with zero attached hydrogens (tertiary/aromatic N) is 4. The molecule has 0 radical (unpaired) electrons. The largest absolute Gasteiger partial charge is 0.330 e. The number of hydrogen-bond donors (Lipinski definition) is 1. The van der Waals surface area contributed by atoms with Gasteiger partial charge in [-0.25, -0.2) is 4.68 Å². The normalized spacial score (nSPS) is 23.1. The maximum atomic E-state index is 5.54. The fourth-order valence-corrected chi connectivity index (χ4v) is 3.27. The van der Waals surface area contributed by atoms with Gasteiger partial charge >= 0.3 is 0 Å². The zero-order chi connectivity index (χ0) is 14.2. The predicted molar refractivity (Wildman–Crippen MR) is 80.3 cm³/mol. The van der Waals surface area contributed by atoms with Crippen molar-refractivity contribution in [3.63, 3.8) is 0 Å². The van der Waals surface area contributed by atoms with Gasteiger partial charge in [0.05, 0.1) is 0 Å². The van der Waals surface area contributed by atoms with Gasteiger partial charge in [-0.05, 0) is 61.4 Å². The van der Waals surface area contributed by atoms with Crippen LogP contribution in [0.15, 0.2) is 0 Å². The van der Waals surface area contributed by atoms with Crippen molar-refractivity contribution in [2.24, 2.45) is 11.7 Å². The van der Waals surface area contributed by atoms with E-state index in [0.717, 1.165) is 37.7 Å². The third-order valence-corrected chi connectivity index (χ3v) is 4.56. The van der Waals surface area contributed by atoms with Gasteiger partial charge in [0.2, 0.25) is 0 Å². The summed E-state index contributed by atoms with van der Waals surface area (Å²) in [5.41, 5.74) is 5.54. The van der Waals surface area contributed by atoms with Crippen molar-refractivity contribution in [3.05, 3.63) is 5.82 Å². The first kappa shape index (κ1) is 15.4. The molecule has 1 heterocycles. The Balaban J connectivity index is 1.82. The Kier molecular flexibility index (Phi) is 6.43. The number of aromatic nitrogens is 4. The fourth-order valence-electron chi connectivity index (χ4n) is 3.27. The predicted octanol–water partition coefficient (Wildman–Crippen LogP) is 2.88. The second-order valence-corrected chi connectivity index (χ2v) is 6.12. The first-order valence-corrected chi connectivity index (χ1v) is 8.31. The molecule has 2 rings (SSSR count). The van der Waals surface area contributed by atoms with E-state index in [9.17, 15) is 0 Å². The lowest BCUT2D eigenvalue weighted by Crippen LogP contribution is -2.18. The van der Waals surface area contributed by atoms with Crippen LogP contribution in [0.25, 0.3) is 0 Å². The van der Waals surface area contributed by atoms with Crippen molar-refractivity contribution in [1.29, 1.82) is 0 Å². The molecular weight excluding hydrogens is 250 g/mol. The molecule has 114 valence electrons. The van der Waals surface area contributed by atoms with E-state index in [1.807, 2.05) is 4.68 Å². The minimum Gasteiger partial charge on any atom is -0.330 e. The molecule has 0 aliphatic heterocycles. The second-order valence-electron chi connectivity index (χ2n) is 6.12. The van der Waals surface area contributed by atoms with Crippen LogP contribution < -0.4 is 5.73 Å². The highest BCUT2D eigenvalue weighted by Crippen LogP contribution is 2.36. The SMILES string of the molecule is CCCCC1CCC(c2nnnn2CCCCN)CC1. The molecule has 0 saturated heterocycles. The molecule has 0 aromatic carbocycles. The fraction of sp³-hybridized carbons (Fsp3) is 0.933. The van der Waals surface area contributed by atoms with E-state index >= 15 is 0 Å². The van der Waals surface area contributed by atoms with Crippen molar-refractivity contribution in [3.8, 4) is 0 Å². The lowest BCUT2D eigenvalue weighted by molar-refractivity contribution is 0.292. The van der Waals surface area contributed by atoms with Crippen LogP contribution in [0.2, 0.25) is 0 Å². The summed E-state index contributed by atoms with van der Waals surface area (Å²) in [7, 11) is 0. The molecule has 20 heavy (non-hydrogen) atoms. The Labute approximate surface area is 122 Å².